The third-order valence-corrected chi connectivity index (χ3v) is 4.73. The van der Waals surface area contributed by atoms with Crippen LogP contribution in [0.1, 0.15) is 29.2 Å². The minimum absolute atomic E-state index is 0.0747. The van der Waals surface area contributed by atoms with Gasteiger partial charge in [0.15, 0.2) is 5.82 Å². The summed E-state index contributed by atoms with van der Waals surface area (Å²) in [5.74, 6) is -3.52. The molecule has 1 aliphatic carbocycles. The fraction of sp³-hybridized carbons (Fsp3) is 0.353. The number of rotatable bonds is 3. The molecule has 0 bridgehead atoms. The van der Waals surface area contributed by atoms with Crippen molar-refractivity contribution in [3.05, 3.63) is 39.7 Å². The van der Waals surface area contributed by atoms with E-state index in [2.05, 4.69) is 0 Å². The number of aromatic nitrogens is 1. The van der Waals surface area contributed by atoms with Crippen LogP contribution in [0.5, 0.6) is 0 Å². The first-order valence-corrected chi connectivity index (χ1v) is 7.87. The second-order valence-corrected chi connectivity index (χ2v) is 6.46. The number of nitrogens with zero attached hydrogens (tertiary/aromatic N) is 3. The number of nitriles is 1. The predicted octanol–water partition coefficient (Wildman–Crippen LogP) is 2.27. The van der Waals surface area contributed by atoms with Crippen LogP contribution in [0.4, 0.5) is 14.5 Å². The Balaban J connectivity index is 1.99. The van der Waals surface area contributed by atoms with Gasteiger partial charge in [-0.15, -0.1) is 0 Å². The van der Waals surface area contributed by atoms with E-state index in [-0.39, 0.29) is 41.6 Å². The molecule has 25 heavy (non-hydrogen) atoms. The van der Waals surface area contributed by atoms with Crippen LogP contribution < -0.4 is 10.3 Å². The summed E-state index contributed by atoms with van der Waals surface area (Å²) in [6.07, 6.45) is 2.62. The minimum atomic E-state index is -1.43. The fourth-order valence-electron chi connectivity index (χ4n) is 3.26. The molecule has 0 amide bonds. The Morgan fingerprint density at radius 1 is 1.32 bits per heavy atom. The third kappa shape index (κ3) is 2.27. The SMILES string of the molecule is N#CC1CN(c2c(F)cc3c(=O)c(C(=O)O)cn(C4CC4)c3c2F)C1. The number of hydrogen-bond acceptors (Lipinski definition) is 4. The molecule has 0 radical (unpaired) electrons. The van der Waals surface area contributed by atoms with E-state index in [1.807, 2.05) is 6.07 Å². The van der Waals surface area contributed by atoms with E-state index in [0.29, 0.717) is 0 Å². The molecule has 1 aromatic carbocycles. The molecule has 2 fully saturated rings. The molecule has 0 spiro atoms. The number of hydrogen-bond donors (Lipinski definition) is 1. The van der Waals surface area contributed by atoms with Gasteiger partial charge < -0.3 is 14.6 Å². The first-order valence-electron chi connectivity index (χ1n) is 7.87. The van der Waals surface area contributed by atoms with Crippen molar-refractivity contribution in [3.63, 3.8) is 0 Å². The van der Waals surface area contributed by atoms with Gasteiger partial charge in [-0.05, 0) is 18.9 Å². The molecule has 8 heteroatoms. The molecule has 6 nitrogen and oxygen atoms in total. The number of aromatic carboxylic acids is 1. The third-order valence-electron chi connectivity index (χ3n) is 4.73. The molecular formula is C17H13F2N3O3. The predicted molar refractivity (Wildman–Crippen MR) is 84.7 cm³/mol. The van der Waals surface area contributed by atoms with Crippen LogP contribution in [0.2, 0.25) is 0 Å². The van der Waals surface area contributed by atoms with Crippen molar-refractivity contribution in [1.29, 1.82) is 5.26 Å². The van der Waals surface area contributed by atoms with Crippen LogP contribution in [0, 0.1) is 28.9 Å². The minimum Gasteiger partial charge on any atom is -0.477 e. The highest BCUT2D eigenvalue weighted by Crippen LogP contribution is 2.40. The molecule has 2 aromatic rings. The maximum atomic E-state index is 15.1. The van der Waals surface area contributed by atoms with Gasteiger partial charge in [0.2, 0.25) is 5.43 Å². The van der Waals surface area contributed by atoms with Crippen LogP contribution in [0.3, 0.4) is 0 Å². The molecule has 4 rings (SSSR count). The molecule has 0 unspecified atom stereocenters. The van der Waals surface area contributed by atoms with Crippen LogP contribution in [-0.4, -0.2) is 28.7 Å². The highest BCUT2D eigenvalue weighted by atomic mass is 19.1. The number of pyridine rings is 1. The van der Waals surface area contributed by atoms with Crippen LogP contribution in [0.25, 0.3) is 10.9 Å². The quantitative estimate of drug-likeness (QED) is 0.922. The van der Waals surface area contributed by atoms with Crippen molar-refractivity contribution in [2.24, 2.45) is 5.92 Å². The average Bonchev–Trinajstić information content (AvgIpc) is 3.34. The zero-order valence-electron chi connectivity index (χ0n) is 13.0. The summed E-state index contributed by atoms with van der Waals surface area (Å²) in [6, 6.07) is 2.84. The highest BCUT2D eigenvalue weighted by molar-refractivity contribution is 5.94. The lowest BCUT2D eigenvalue weighted by atomic mass is 9.99. The zero-order chi connectivity index (χ0) is 17.9. The molecule has 1 aliphatic heterocycles. The van der Waals surface area contributed by atoms with E-state index < -0.39 is 28.6 Å². The number of fused-ring (bicyclic) bond motifs is 1. The van der Waals surface area contributed by atoms with Gasteiger partial charge in [0.1, 0.15) is 17.1 Å². The second-order valence-electron chi connectivity index (χ2n) is 6.46. The summed E-state index contributed by atoms with van der Waals surface area (Å²) in [5, 5.41) is 17.8. The number of halogens is 2. The van der Waals surface area contributed by atoms with Crippen molar-refractivity contribution < 1.29 is 18.7 Å². The summed E-state index contributed by atoms with van der Waals surface area (Å²) in [7, 11) is 0. The molecule has 2 aliphatic rings. The van der Waals surface area contributed by atoms with Crippen LogP contribution in [0.15, 0.2) is 17.1 Å². The first kappa shape index (κ1) is 15.6. The Kier molecular flexibility index (Phi) is 3.29. The first-order chi connectivity index (χ1) is 11.9. The lowest BCUT2D eigenvalue weighted by molar-refractivity contribution is 0.0695. The normalized spacial score (nSPS) is 17.4. The van der Waals surface area contributed by atoms with Gasteiger partial charge in [-0.1, -0.05) is 0 Å². The van der Waals surface area contributed by atoms with Gasteiger partial charge in [-0.2, -0.15) is 5.26 Å². The van der Waals surface area contributed by atoms with Gasteiger partial charge in [0, 0.05) is 25.3 Å². The number of benzene rings is 1. The van der Waals surface area contributed by atoms with E-state index in [1.165, 1.54) is 9.47 Å². The fourth-order valence-corrected chi connectivity index (χ4v) is 3.26. The molecule has 0 atom stereocenters. The lowest BCUT2D eigenvalue weighted by Gasteiger charge is -2.37. The molecule has 1 saturated heterocycles. The van der Waals surface area contributed by atoms with Gasteiger partial charge in [-0.25, -0.2) is 13.6 Å². The van der Waals surface area contributed by atoms with E-state index in [4.69, 9.17) is 5.26 Å². The summed E-state index contributed by atoms with van der Waals surface area (Å²) in [6.45, 7) is 0.438. The average molecular weight is 345 g/mol. The van der Waals surface area contributed by atoms with Gasteiger partial charge in [0.05, 0.1) is 22.9 Å². The maximum Gasteiger partial charge on any atom is 0.341 e. The Morgan fingerprint density at radius 2 is 2.00 bits per heavy atom. The molecule has 1 N–H and O–H groups in total. The van der Waals surface area contributed by atoms with Gasteiger partial charge in [0.25, 0.3) is 0 Å². The number of carbonyl (C=O) groups is 1. The summed E-state index contributed by atoms with van der Waals surface area (Å²) >= 11 is 0. The molecule has 2 heterocycles. The van der Waals surface area contributed by atoms with E-state index in [1.54, 1.807) is 0 Å². The summed E-state index contributed by atoms with van der Waals surface area (Å²) in [5.41, 5.74) is -1.74. The molecule has 1 saturated carbocycles. The largest absolute Gasteiger partial charge is 0.477 e. The zero-order valence-corrected chi connectivity index (χ0v) is 13.0. The number of anilines is 1. The van der Waals surface area contributed by atoms with Gasteiger partial charge >= 0.3 is 5.97 Å². The van der Waals surface area contributed by atoms with Crippen molar-refractivity contribution in [2.75, 3.05) is 18.0 Å². The smallest absolute Gasteiger partial charge is 0.341 e. The van der Waals surface area contributed by atoms with Crippen molar-refractivity contribution in [2.45, 2.75) is 18.9 Å². The number of carboxylic acid groups (broad SMARTS) is 1. The van der Waals surface area contributed by atoms with Crippen LogP contribution in [-0.2, 0) is 0 Å². The van der Waals surface area contributed by atoms with Crippen LogP contribution >= 0.6 is 0 Å². The van der Waals surface area contributed by atoms with E-state index in [9.17, 15) is 19.1 Å². The molecule has 1 aromatic heterocycles. The van der Waals surface area contributed by atoms with Crippen molar-refractivity contribution in [1.82, 2.24) is 4.57 Å². The lowest BCUT2D eigenvalue weighted by Crippen LogP contribution is -2.47. The second kappa shape index (κ2) is 5.28. The Morgan fingerprint density at radius 3 is 2.56 bits per heavy atom. The summed E-state index contributed by atoms with van der Waals surface area (Å²) in [4.78, 5) is 25.1. The topological polar surface area (TPSA) is 86.3 Å². The van der Waals surface area contributed by atoms with E-state index >= 15 is 4.39 Å². The Labute approximate surface area is 140 Å². The number of carboxylic acids is 1. The monoisotopic (exact) mass is 345 g/mol. The summed E-state index contributed by atoms with van der Waals surface area (Å²) < 4.78 is 31.0. The Bertz CT molecular complexity index is 1010. The van der Waals surface area contributed by atoms with Crippen molar-refractivity contribution in [3.8, 4) is 6.07 Å². The Hall–Kier alpha value is -2.95. The van der Waals surface area contributed by atoms with E-state index in [0.717, 1.165) is 25.1 Å². The standard InChI is InChI=1S/C17H13F2N3O3/c18-12-3-10-14(13(19)15(12)21-5-8(4-20)6-21)22(9-1-2-9)7-11(16(10)23)17(24)25/h3,7-9H,1-2,5-6H2,(H,24,25). The molecule has 128 valence electrons. The van der Waals surface area contributed by atoms with Gasteiger partial charge in [-0.3, -0.25) is 4.79 Å². The highest BCUT2D eigenvalue weighted by Gasteiger charge is 2.34. The maximum absolute atomic E-state index is 15.1. The molecular weight excluding hydrogens is 332 g/mol. The van der Waals surface area contributed by atoms with Crippen molar-refractivity contribution >= 4 is 22.6 Å².